The first-order chi connectivity index (χ1) is 23.3. The van der Waals surface area contributed by atoms with Gasteiger partial charge < -0.3 is 4.74 Å². The second-order valence-corrected chi connectivity index (χ2v) is 13.0. The number of anilines is 1. The fraction of sp³-hybridized carbons (Fsp3) is 0.195. The van der Waals surface area contributed by atoms with Gasteiger partial charge in [0.15, 0.2) is 12.4 Å². The van der Waals surface area contributed by atoms with Crippen LogP contribution in [0.1, 0.15) is 39.6 Å². The first-order valence-corrected chi connectivity index (χ1v) is 16.2. The molecule has 1 saturated carbocycles. The highest BCUT2D eigenvalue weighted by Gasteiger charge is 2.60. The van der Waals surface area contributed by atoms with Crippen molar-refractivity contribution in [3.63, 3.8) is 0 Å². The van der Waals surface area contributed by atoms with Crippen LogP contribution in [0, 0.1) is 30.6 Å². The summed E-state index contributed by atoms with van der Waals surface area (Å²) in [6, 6.07) is 31.6. The van der Waals surface area contributed by atoms with E-state index >= 15 is 0 Å². The molecular weight excluding hydrogens is 600 g/mol. The Morgan fingerprint density at radius 1 is 0.792 bits per heavy atom. The number of esters is 1. The molecule has 8 rings (SSSR count). The second-order valence-electron chi connectivity index (χ2n) is 13.0. The predicted molar refractivity (Wildman–Crippen MR) is 183 cm³/mol. The molecule has 7 heteroatoms. The number of rotatable bonds is 7. The Balaban J connectivity index is 1.03. The predicted octanol–water partition coefficient (Wildman–Crippen LogP) is 7.62. The smallest absolute Gasteiger partial charge is 0.339 e. The van der Waals surface area contributed by atoms with Crippen molar-refractivity contribution in [3.05, 3.63) is 131 Å². The molecule has 2 aliphatic carbocycles. The van der Waals surface area contributed by atoms with Crippen molar-refractivity contribution in [3.8, 4) is 22.4 Å². The Bertz CT molecular complexity index is 2170. The number of fused-ring (bicyclic) bond motifs is 6. The summed E-state index contributed by atoms with van der Waals surface area (Å²) in [7, 11) is 0. The maximum atomic E-state index is 13.5. The fourth-order valence-electron chi connectivity index (χ4n) is 7.74. The third-order valence-corrected chi connectivity index (χ3v) is 10.1. The minimum Gasteiger partial charge on any atom is -0.454 e. The number of ether oxygens (including phenoxy) is 1. The fourth-order valence-corrected chi connectivity index (χ4v) is 7.74. The lowest BCUT2D eigenvalue weighted by atomic mass is 9.82. The largest absolute Gasteiger partial charge is 0.454 e. The van der Waals surface area contributed by atoms with Gasteiger partial charge in [-0.15, -0.1) is 0 Å². The van der Waals surface area contributed by atoms with Crippen LogP contribution in [-0.2, 0) is 14.3 Å². The van der Waals surface area contributed by atoms with E-state index < -0.39 is 12.6 Å². The number of carbonyl (C=O) groups excluding carboxylic acids is 4. The molecule has 236 valence electrons. The quantitative estimate of drug-likeness (QED) is 0.0793. The maximum absolute atomic E-state index is 13.5. The van der Waals surface area contributed by atoms with Crippen molar-refractivity contribution in [2.45, 2.75) is 20.3 Å². The zero-order chi connectivity index (χ0) is 33.1. The van der Waals surface area contributed by atoms with E-state index in [4.69, 9.17) is 9.72 Å². The molecule has 2 heterocycles. The van der Waals surface area contributed by atoms with Crippen LogP contribution in [0.4, 0.5) is 5.69 Å². The molecule has 4 aromatic carbocycles. The monoisotopic (exact) mass is 632 g/mol. The van der Waals surface area contributed by atoms with Gasteiger partial charge in [-0.25, -0.2) is 9.78 Å². The number of pyridine rings is 1. The first kappa shape index (κ1) is 29.7. The molecular formula is C41H32N2O5. The summed E-state index contributed by atoms with van der Waals surface area (Å²) in [6.07, 6.45) is 3.05. The van der Waals surface area contributed by atoms with Crippen molar-refractivity contribution in [2.75, 3.05) is 11.5 Å². The molecule has 2 fully saturated rings. The lowest BCUT2D eigenvalue weighted by Gasteiger charge is -2.19. The number of hydrogen-bond acceptors (Lipinski definition) is 6. The zero-order valence-corrected chi connectivity index (χ0v) is 26.6. The normalized spacial score (nSPS) is 21.0. The molecule has 2 amide bonds. The molecule has 2 bridgehead atoms. The van der Waals surface area contributed by atoms with Crippen LogP contribution in [0.5, 0.6) is 0 Å². The van der Waals surface area contributed by atoms with E-state index in [0.717, 1.165) is 23.1 Å². The number of hydrogen-bond donors (Lipinski definition) is 0. The van der Waals surface area contributed by atoms with Gasteiger partial charge in [0.05, 0.1) is 34.3 Å². The summed E-state index contributed by atoms with van der Waals surface area (Å²) in [5, 5.41) is 0.623. The minimum atomic E-state index is -0.626. The van der Waals surface area contributed by atoms with Crippen LogP contribution >= 0.6 is 0 Å². The number of aryl methyl sites for hydroxylation is 1. The van der Waals surface area contributed by atoms with Gasteiger partial charge in [0, 0.05) is 16.5 Å². The van der Waals surface area contributed by atoms with Crippen LogP contribution in [0.3, 0.4) is 0 Å². The van der Waals surface area contributed by atoms with Crippen molar-refractivity contribution >= 4 is 40.2 Å². The molecule has 1 aliphatic heterocycles. The van der Waals surface area contributed by atoms with E-state index in [1.165, 1.54) is 10.5 Å². The van der Waals surface area contributed by atoms with E-state index in [1.807, 2.05) is 79.7 Å². The number of imide groups is 1. The van der Waals surface area contributed by atoms with Gasteiger partial charge in [0.2, 0.25) is 11.8 Å². The third kappa shape index (κ3) is 4.94. The van der Waals surface area contributed by atoms with Crippen molar-refractivity contribution in [1.82, 2.24) is 4.98 Å². The molecule has 48 heavy (non-hydrogen) atoms. The number of amides is 2. The molecule has 7 nitrogen and oxygen atoms in total. The van der Waals surface area contributed by atoms with Crippen LogP contribution in [0.2, 0.25) is 0 Å². The number of carbonyl (C=O) groups is 4. The van der Waals surface area contributed by atoms with Crippen LogP contribution in [0.25, 0.3) is 33.3 Å². The summed E-state index contributed by atoms with van der Waals surface area (Å²) in [4.78, 5) is 59.5. The number of allylic oxidation sites excluding steroid dienone is 2. The van der Waals surface area contributed by atoms with Gasteiger partial charge in [-0.2, -0.15) is 0 Å². The molecule has 4 atom stereocenters. The van der Waals surface area contributed by atoms with Crippen LogP contribution in [0.15, 0.2) is 115 Å². The molecule has 5 aromatic rings. The minimum absolute atomic E-state index is 0.122. The Hall–Kier alpha value is -5.69. The van der Waals surface area contributed by atoms with E-state index in [9.17, 15) is 19.2 Å². The number of aromatic nitrogens is 1. The highest BCUT2D eigenvalue weighted by molar-refractivity contribution is 6.23. The molecule has 3 aliphatic rings. The molecule has 0 radical (unpaired) electrons. The van der Waals surface area contributed by atoms with Gasteiger partial charge in [-0.1, -0.05) is 90.0 Å². The maximum Gasteiger partial charge on any atom is 0.339 e. The van der Waals surface area contributed by atoms with Crippen LogP contribution < -0.4 is 4.90 Å². The van der Waals surface area contributed by atoms with Gasteiger partial charge in [0.25, 0.3) is 0 Å². The van der Waals surface area contributed by atoms with Crippen molar-refractivity contribution in [2.24, 2.45) is 23.7 Å². The highest BCUT2D eigenvalue weighted by Crippen LogP contribution is 2.56. The molecule has 0 spiro atoms. The summed E-state index contributed by atoms with van der Waals surface area (Å²) in [5.74, 6) is -1.43. The van der Waals surface area contributed by atoms with Crippen molar-refractivity contribution < 1.29 is 23.9 Å². The molecule has 0 N–H and O–H groups in total. The van der Waals surface area contributed by atoms with Gasteiger partial charge >= 0.3 is 5.97 Å². The molecule has 4 unspecified atom stereocenters. The number of benzene rings is 4. The third-order valence-electron chi connectivity index (χ3n) is 10.1. The SMILES string of the molecule is CC1=CC2CC1C1C(=O)N(c3ccc(-c4cc(C(=O)OCC(=O)c5ccc(-c6ccccc6)cc5)c5cc(C)ccc5n4)cc3)C(=O)C21. The van der Waals surface area contributed by atoms with Gasteiger partial charge in [0.1, 0.15) is 0 Å². The topological polar surface area (TPSA) is 93.6 Å². The van der Waals surface area contributed by atoms with Gasteiger partial charge in [-0.05, 0) is 73.6 Å². The number of nitrogens with zero attached hydrogens (tertiary/aromatic N) is 2. The zero-order valence-electron chi connectivity index (χ0n) is 26.6. The second kappa shape index (κ2) is 11.5. The average molecular weight is 633 g/mol. The van der Waals surface area contributed by atoms with E-state index in [0.29, 0.717) is 39.0 Å². The summed E-state index contributed by atoms with van der Waals surface area (Å²) < 4.78 is 5.57. The summed E-state index contributed by atoms with van der Waals surface area (Å²) in [5.41, 5.74) is 7.34. The Morgan fingerprint density at radius 3 is 2.23 bits per heavy atom. The standard InChI is InChI=1S/C41H32N2O5/c1-23-8-17-34-32(18-23)33(41(47)48-22-36(44)28-11-9-26(10-12-28)25-6-4-3-5-7-25)21-35(42-34)27-13-15-30(16-14-27)43-39(45)37-29-19-24(2)31(20-29)38(37)40(43)46/h3-19,21,29,31,37-38H,20,22H2,1-2H3. The van der Waals surface area contributed by atoms with Crippen LogP contribution in [-0.4, -0.2) is 35.2 Å². The van der Waals surface area contributed by atoms with Crippen molar-refractivity contribution in [1.29, 1.82) is 0 Å². The van der Waals surface area contributed by atoms with Gasteiger partial charge in [-0.3, -0.25) is 19.3 Å². The molecule has 1 saturated heterocycles. The lowest BCUT2D eigenvalue weighted by Crippen LogP contribution is -2.32. The summed E-state index contributed by atoms with van der Waals surface area (Å²) >= 11 is 0. The number of Topliss-reactive ketones (excluding diaryl/α,β-unsaturated/α-hetero) is 1. The van der Waals surface area contributed by atoms with E-state index in [-0.39, 0.29) is 41.3 Å². The Morgan fingerprint density at radius 2 is 1.48 bits per heavy atom. The first-order valence-electron chi connectivity index (χ1n) is 16.2. The number of ketones is 1. The average Bonchev–Trinajstić information content (AvgIpc) is 3.76. The summed E-state index contributed by atoms with van der Waals surface area (Å²) in [6.45, 7) is 3.59. The Labute approximate surface area is 277 Å². The lowest BCUT2D eigenvalue weighted by molar-refractivity contribution is -0.123. The Kier molecular flexibility index (Phi) is 7.13. The highest BCUT2D eigenvalue weighted by atomic mass is 16.5. The van der Waals surface area contributed by atoms with E-state index in [1.54, 1.807) is 30.3 Å². The molecule has 1 aromatic heterocycles. The van der Waals surface area contributed by atoms with E-state index in [2.05, 4.69) is 13.0 Å².